The minimum absolute atomic E-state index is 0.150. The molecule has 168 valence electrons. The third-order valence-electron chi connectivity index (χ3n) is 4.80. The van der Waals surface area contributed by atoms with Gasteiger partial charge in [0.1, 0.15) is 12.4 Å². The van der Waals surface area contributed by atoms with Crippen LogP contribution in [-0.4, -0.2) is 27.2 Å². The summed E-state index contributed by atoms with van der Waals surface area (Å²) in [4.78, 5) is 12.6. The summed E-state index contributed by atoms with van der Waals surface area (Å²) in [6, 6.07) is 26.3. The number of benzene rings is 3. The predicted molar refractivity (Wildman–Crippen MR) is 124 cm³/mol. The molecule has 3 aromatic carbocycles. The van der Waals surface area contributed by atoms with E-state index in [4.69, 9.17) is 8.92 Å². The Hall–Kier alpha value is -3.16. The summed E-state index contributed by atoms with van der Waals surface area (Å²) in [5.41, 5.74) is 2.85. The molecule has 1 N–H and O–H groups in total. The third kappa shape index (κ3) is 8.17. The molecule has 1 atom stereocenters. The minimum Gasteiger partial charge on any atom is -0.461 e. The van der Waals surface area contributed by atoms with Crippen LogP contribution in [-0.2, 0) is 32.8 Å². The molecule has 0 saturated heterocycles. The Labute approximate surface area is 189 Å². The summed E-state index contributed by atoms with van der Waals surface area (Å²) < 4.78 is 33.5. The topological polar surface area (TPSA) is 81.7 Å². The Morgan fingerprint density at radius 2 is 1.56 bits per heavy atom. The lowest BCUT2D eigenvalue weighted by Gasteiger charge is -2.18. The Bertz CT molecular complexity index is 1100. The first-order chi connectivity index (χ1) is 15.4. The lowest BCUT2D eigenvalue weighted by atomic mass is 9.95. The highest BCUT2D eigenvalue weighted by molar-refractivity contribution is 7.86. The van der Waals surface area contributed by atoms with Crippen LogP contribution in [0, 0.1) is 0 Å². The molecule has 0 aromatic heterocycles. The fraction of sp³-hybridized carbons (Fsp3) is 0.240. The summed E-state index contributed by atoms with van der Waals surface area (Å²) in [7, 11) is -3.64. The summed E-state index contributed by atoms with van der Waals surface area (Å²) in [5, 5.41) is 3.38. The van der Waals surface area contributed by atoms with Crippen molar-refractivity contribution in [3.63, 3.8) is 0 Å². The SMILES string of the molecule is CS(=O)(=O)Oc1cccc(C(CNCc2ccccc2)CC(=O)OCc2ccccc2)c1. The summed E-state index contributed by atoms with van der Waals surface area (Å²) >= 11 is 0. The lowest BCUT2D eigenvalue weighted by Crippen LogP contribution is -2.24. The van der Waals surface area contributed by atoms with Gasteiger partial charge in [-0.3, -0.25) is 4.79 Å². The Balaban J connectivity index is 1.68. The summed E-state index contributed by atoms with van der Waals surface area (Å²) in [5.74, 6) is -0.324. The van der Waals surface area contributed by atoms with Gasteiger partial charge in [0.05, 0.1) is 12.7 Å². The van der Waals surface area contributed by atoms with Gasteiger partial charge in [-0.15, -0.1) is 0 Å². The first-order valence-corrected chi connectivity index (χ1v) is 12.1. The number of hydrogen-bond donors (Lipinski definition) is 1. The molecule has 0 amide bonds. The molecule has 0 radical (unpaired) electrons. The van der Waals surface area contributed by atoms with Crippen molar-refractivity contribution in [2.24, 2.45) is 0 Å². The summed E-state index contributed by atoms with van der Waals surface area (Å²) in [6.07, 6.45) is 1.15. The standard InChI is InChI=1S/C25H27NO5S/c1-32(28,29)31-24-14-8-13-22(15-24)23(18-26-17-20-9-4-2-5-10-20)16-25(27)30-19-21-11-6-3-7-12-21/h2-15,23,26H,16-19H2,1H3. The highest BCUT2D eigenvalue weighted by atomic mass is 32.2. The molecule has 0 aliphatic carbocycles. The molecule has 0 saturated carbocycles. The highest BCUT2D eigenvalue weighted by Gasteiger charge is 2.18. The van der Waals surface area contributed by atoms with Gasteiger partial charge in [-0.2, -0.15) is 8.42 Å². The van der Waals surface area contributed by atoms with Crippen LogP contribution in [0.1, 0.15) is 29.0 Å². The quantitative estimate of drug-likeness (QED) is 0.349. The average Bonchev–Trinajstić information content (AvgIpc) is 2.77. The van der Waals surface area contributed by atoms with E-state index in [1.54, 1.807) is 18.2 Å². The number of carbonyl (C=O) groups excluding carboxylic acids is 1. The Morgan fingerprint density at radius 1 is 0.906 bits per heavy atom. The molecule has 0 heterocycles. The zero-order chi connectivity index (χ0) is 22.8. The van der Waals surface area contributed by atoms with Crippen molar-refractivity contribution in [3.05, 3.63) is 102 Å². The minimum atomic E-state index is -3.64. The molecule has 7 heteroatoms. The van der Waals surface area contributed by atoms with Gasteiger partial charge in [0.15, 0.2) is 0 Å². The van der Waals surface area contributed by atoms with Gasteiger partial charge in [-0.05, 0) is 28.8 Å². The maximum Gasteiger partial charge on any atom is 0.306 e. The fourth-order valence-electron chi connectivity index (χ4n) is 3.29. The van der Waals surface area contributed by atoms with Crippen molar-refractivity contribution >= 4 is 16.1 Å². The van der Waals surface area contributed by atoms with E-state index in [-0.39, 0.29) is 30.7 Å². The Kier molecular flexibility index (Phi) is 8.41. The van der Waals surface area contributed by atoms with Crippen molar-refractivity contribution < 1.29 is 22.1 Å². The predicted octanol–water partition coefficient (Wildman–Crippen LogP) is 4.03. The molecular formula is C25H27NO5S. The van der Waals surface area contributed by atoms with Gasteiger partial charge in [0.2, 0.25) is 0 Å². The van der Waals surface area contributed by atoms with Crippen LogP contribution in [0.15, 0.2) is 84.9 Å². The highest BCUT2D eigenvalue weighted by Crippen LogP contribution is 2.25. The number of ether oxygens (including phenoxy) is 1. The van der Waals surface area contributed by atoms with Gasteiger partial charge in [0.25, 0.3) is 0 Å². The molecule has 0 spiro atoms. The zero-order valence-electron chi connectivity index (χ0n) is 17.9. The van der Waals surface area contributed by atoms with Crippen LogP contribution in [0.25, 0.3) is 0 Å². The molecule has 3 rings (SSSR count). The molecular weight excluding hydrogens is 426 g/mol. The van der Waals surface area contributed by atoms with E-state index >= 15 is 0 Å². The second kappa shape index (κ2) is 11.5. The van der Waals surface area contributed by atoms with Gasteiger partial charge in [-0.25, -0.2) is 0 Å². The fourth-order valence-corrected chi connectivity index (χ4v) is 3.74. The molecule has 0 fully saturated rings. The van der Waals surface area contributed by atoms with Gasteiger partial charge in [0, 0.05) is 19.0 Å². The average molecular weight is 454 g/mol. The number of esters is 1. The van der Waals surface area contributed by atoms with Crippen molar-refractivity contribution in [3.8, 4) is 5.75 Å². The van der Waals surface area contributed by atoms with E-state index in [0.29, 0.717) is 13.1 Å². The largest absolute Gasteiger partial charge is 0.461 e. The summed E-state index contributed by atoms with van der Waals surface area (Å²) in [6.45, 7) is 1.37. The number of nitrogens with one attached hydrogen (secondary N) is 1. The van der Waals surface area contributed by atoms with Crippen LogP contribution in [0.5, 0.6) is 5.75 Å². The van der Waals surface area contributed by atoms with E-state index in [2.05, 4.69) is 5.32 Å². The van der Waals surface area contributed by atoms with E-state index in [9.17, 15) is 13.2 Å². The Morgan fingerprint density at radius 3 is 2.22 bits per heavy atom. The van der Waals surface area contributed by atoms with Gasteiger partial charge < -0.3 is 14.2 Å². The van der Waals surface area contributed by atoms with Gasteiger partial charge >= 0.3 is 16.1 Å². The van der Waals surface area contributed by atoms with E-state index in [1.165, 1.54) is 0 Å². The van der Waals surface area contributed by atoms with Gasteiger partial charge in [-0.1, -0.05) is 72.8 Å². The second-order valence-corrected chi connectivity index (χ2v) is 9.10. The monoisotopic (exact) mass is 453 g/mol. The van der Waals surface area contributed by atoms with Crippen LogP contribution >= 0.6 is 0 Å². The second-order valence-electron chi connectivity index (χ2n) is 7.52. The first kappa shape index (κ1) is 23.5. The van der Waals surface area contributed by atoms with Crippen molar-refractivity contribution in [2.45, 2.75) is 25.5 Å². The van der Waals surface area contributed by atoms with Crippen molar-refractivity contribution in [2.75, 3.05) is 12.8 Å². The number of hydrogen-bond acceptors (Lipinski definition) is 6. The van der Waals surface area contributed by atoms with E-state index in [0.717, 1.165) is 22.9 Å². The third-order valence-corrected chi connectivity index (χ3v) is 5.29. The molecule has 32 heavy (non-hydrogen) atoms. The molecule has 6 nitrogen and oxygen atoms in total. The zero-order valence-corrected chi connectivity index (χ0v) is 18.8. The van der Waals surface area contributed by atoms with E-state index in [1.807, 2.05) is 66.7 Å². The number of rotatable bonds is 11. The smallest absolute Gasteiger partial charge is 0.306 e. The molecule has 0 bridgehead atoms. The molecule has 0 aliphatic heterocycles. The van der Waals surface area contributed by atoms with Crippen LogP contribution < -0.4 is 9.50 Å². The number of carbonyl (C=O) groups is 1. The lowest BCUT2D eigenvalue weighted by molar-refractivity contribution is -0.145. The van der Waals surface area contributed by atoms with Crippen molar-refractivity contribution in [1.29, 1.82) is 0 Å². The van der Waals surface area contributed by atoms with Crippen LogP contribution in [0.4, 0.5) is 0 Å². The maximum atomic E-state index is 12.6. The van der Waals surface area contributed by atoms with E-state index < -0.39 is 10.1 Å². The van der Waals surface area contributed by atoms with Crippen molar-refractivity contribution in [1.82, 2.24) is 5.32 Å². The first-order valence-electron chi connectivity index (χ1n) is 10.3. The van der Waals surface area contributed by atoms with Crippen LogP contribution in [0.3, 0.4) is 0 Å². The molecule has 1 unspecified atom stereocenters. The maximum absolute atomic E-state index is 12.6. The molecule has 3 aromatic rings. The molecule has 0 aliphatic rings. The van der Waals surface area contributed by atoms with Crippen LogP contribution in [0.2, 0.25) is 0 Å². The normalized spacial score (nSPS) is 12.2.